The van der Waals surface area contributed by atoms with Crippen LogP contribution in [-0.4, -0.2) is 22.1 Å². The average molecular weight is 452 g/mol. The normalized spacial score (nSPS) is 14.5. The van der Waals surface area contributed by atoms with E-state index < -0.39 is 0 Å². The monoisotopic (exact) mass is 451 g/mol. The zero-order valence-corrected chi connectivity index (χ0v) is 18.9. The third-order valence-corrected chi connectivity index (χ3v) is 6.81. The highest BCUT2D eigenvalue weighted by Crippen LogP contribution is 2.33. The van der Waals surface area contributed by atoms with E-state index in [1.165, 1.54) is 12.1 Å². The lowest BCUT2D eigenvalue weighted by Gasteiger charge is -2.17. The lowest BCUT2D eigenvalue weighted by Crippen LogP contribution is -2.29. The first kappa shape index (κ1) is 22.1. The first-order chi connectivity index (χ1) is 15.5. The standard InChI is InChI=1S/C25H26FN3O2S/c1-3-21(18-7-5-4-6-8-18)28-23(30)20-15-22(29-13-14-32-25(20)29)24(31)27-16(2)17-9-11-19(26)12-10-17/h4-12,15-16,21H,3,13-14H2,1-2H3,(H,27,31)(H,28,30)/t16-,21?/m1/s1. The molecule has 0 bridgehead atoms. The first-order valence-corrected chi connectivity index (χ1v) is 11.7. The molecule has 2 heterocycles. The highest BCUT2D eigenvalue weighted by molar-refractivity contribution is 7.99. The molecule has 0 saturated carbocycles. The SMILES string of the molecule is CCC(NC(=O)c1cc(C(=O)N[C@H](C)c2ccc(F)cc2)n2c1SCC2)c1ccccc1. The van der Waals surface area contributed by atoms with Crippen LogP contribution in [0.4, 0.5) is 4.39 Å². The van der Waals surface area contributed by atoms with Gasteiger partial charge < -0.3 is 15.2 Å². The third-order valence-electron chi connectivity index (χ3n) is 5.71. The van der Waals surface area contributed by atoms with Crippen LogP contribution < -0.4 is 10.6 Å². The highest BCUT2D eigenvalue weighted by atomic mass is 32.2. The molecule has 0 fully saturated rings. The van der Waals surface area contributed by atoms with Crippen LogP contribution in [0.1, 0.15) is 64.3 Å². The molecule has 0 aliphatic carbocycles. The second-order valence-electron chi connectivity index (χ2n) is 7.84. The summed E-state index contributed by atoms with van der Waals surface area (Å²) in [5, 5.41) is 6.91. The van der Waals surface area contributed by atoms with E-state index in [-0.39, 0.29) is 29.7 Å². The maximum Gasteiger partial charge on any atom is 0.268 e. The number of amides is 2. The number of thioether (sulfide) groups is 1. The number of carbonyl (C=O) groups excluding carboxylic acids is 2. The van der Waals surface area contributed by atoms with Gasteiger partial charge in [-0.2, -0.15) is 0 Å². The number of nitrogens with one attached hydrogen (secondary N) is 2. The summed E-state index contributed by atoms with van der Waals surface area (Å²) in [5.41, 5.74) is 2.87. The van der Waals surface area contributed by atoms with Crippen LogP contribution in [0.5, 0.6) is 0 Å². The molecule has 5 nitrogen and oxygen atoms in total. The van der Waals surface area contributed by atoms with Crippen LogP contribution in [0.3, 0.4) is 0 Å². The number of rotatable bonds is 7. The Hall–Kier alpha value is -3.06. The molecule has 0 spiro atoms. The van der Waals surface area contributed by atoms with Crippen molar-refractivity contribution in [2.75, 3.05) is 5.75 Å². The molecule has 2 N–H and O–H groups in total. The van der Waals surface area contributed by atoms with Crippen molar-refractivity contribution in [3.8, 4) is 0 Å². The Labute approximate surface area is 191 Å². The zero-order chi connectivity index (χ0) is 22.7. The highest BCUT2D eigenvalue weighted by Gasteiger charge is 2.29. The van der Waals surface area contributed by atoms with E-state index in [0.717, 1.165) is 28.3 Å². The quantitative estimate of drug-likeness (QED) is 0.525. The van der Waals surface area contributed by atoms with E-state index in [4.69, 9.17) is 0 Å². The molecule has 1 aromatic heterocycles. The Morgan fingerprint density at radius 3 is 2.44 bits per heavy atom. The summed E-state index contributed by atoms with van der Waals surface area (Å²) in [6.07, 6.45) is 0.765. The lowest BCUT2D eigenvalue weighted by molar-refractivity contribution is 0.0924. The van der Waals surface area contributed by atoms with Crippen LogP contribution in [0, 0.1) is 5.82 Å². The van der Waals surface area contributed by atoms with Gasteiger partial charge in [-0.05, 0) is 42.7 Å². The van der Waals surface area contributed by atoms with Crippen LogP contribution in [-0.2, 0) is 6.54 Å². The van der Waals surface area contributed by atoms with Gasteiger partial charge in [-0.1, -0.05) is 49.4 Å². The number of fused-ring (bicyclic) bond motifs is 1. The van der Waals surface area contributed by atoms with E-state index in [2.05, 4.69) is 10.6 Å². The Morgan fingerprint density at radius 1 is 1.03 bits per heavy atom. The summed E-state index contributed by atoms with van der Waals surface area (Å²) in [6.45, 7) is 4.57. The van der Waals surface area contributed by atoms with Crippen molar-refractivity contribution < 1.29 is 14.0 Å². The molecule has 7 heteroatoms. The van der Waals surface area contributed by atoms with Gasteiger partial charge in [0.1, 0.15) is 11.5 Å². The summed E-state index contributed by atoms with van der Waals surface area (Å²) >= 11 is 1.59. The number of hydrogen-bond donors (Lipinski definition) is 2. The van der Waals surface area contributed by atoms with Gasteiger partial charge >= 0.3 is 0 Å². The van der Waals surface area contributed by atoms with Crippen molar-refractivity contribution in [1.82, 2.24) is 15.2 Å². The fraction of sp³-hybridized carbons (Fsp3) is 0.280. The first-order valence-electron chi connectivity index (χ1n) is 10.8. The predicted molar refractivity (Wildman–Crippen MR) is 124 cm³/mol. The van der Waals surface area contributed by atoms with Gasteiger partial charge in [0.25, 0.3) is 11.8 Å². The van der Waals surface area contributed by atoms with E-state index in [1.807, 2.05) is 48.7 Å². The molecule has 0 saturated heterocycles. The zero-order valence-electron chi connectivity index (χ0n) is 18.1. The Bertz CT molecular complexity index is 1110. The molecule has 2 amide bonds. The van der Waals surface area contributed by atoms with Gasteiger partial charge in [0.2, 0.25) is 0 Å². The van der Waals surface area contributed by atoms with E-state index >= 15 is 0 Å². The summed E-state index contributed by atoms with van der Waals surface area (Å²) in [7, 11) is 0. The number of hydrogen-bond acceptors (Lipinski definition) is 3. The molecule has 1 aliphatic heterocycles. The number of halogens is 1. The van der Waals surface area contributed by atoms with Crippen molar-refractivity contribution in [2.45, 2.75) is 43.9 Å². The van der Waals surface area contributed by atoms with Crippen molar-refractivity contribution >= 4 is 23.6 Å². The van der Waals surface area contributed by atoms with Gasteiger partial charge in [0, 0.05) is 12.3 Å². The van der Waals surface area contributed by atoms with Crippen molar-refractivity contribution in [3.63, 3.8) is 0 Å². The molecule has 3 aromatic rings. The summed E-state index contributed by atoms with van der Waals surface area (Å²) in [4.78, 5) is 26.2. The summed E-state index contributed by atoms with van der Waals surface area (Å²) in [5.74, 6) is 0.0783. The van der Waals surface area contributed by atoms with Crippen LogP contribution in [0.2, 0.25) is 0 Å². The summed E-state index contributed by atoms with van der Waals surface area (Å²) < 4.78 is 15.1. The Balaban J connectivity index is 1.53. The minimum Gasteiger partial charge on any atom is -0.345 e. The molecule has 2 aromatic carbocycles. The third kappa shape index (κ3) is 4.58. The Morgan fingerprint density at radius 2 is 1.75 bits per heavy atom. The maximum absolute atomic E-state index is 13.2. The molecule has 0 radical (unpaired) electrons. The van der Waals surface area contributed by atoms with Crippen LogP contribution >= 0.6 is 11.8 Å². The molecular weight excluding hydrogens is 425 g/mol. The van der Waals surface area contributed by atoms with Crippen molar-refractivity contribution in [2.24, 2.45) is 0 Å². The van der Waals surface area contributed by atoms with E-state index in [9.17, 15) is 14.0 Å². The fourth-order valence-electron chi connectivity index (χ4n) is 3.94. The van der Waals surface area contributed by atoms with Crippen molar-refractivity contribution in [1.29, 1.82) is 0 Å². The average Bonchev–Trinajstić information content (AvgIpc) is 3.41. The van der Waals surface area contributed by atoms with Gasteiger partial charge in [0.15, 0.2) is 0 Å². The fourth-order valence-corrected chi connectivity index (χ4v) is 5.06. The maximum atomic E-state index is 13.2. The second kappa shape index (κ2) is 9.61. The number of nitrogens with zero attached hydrogens (tertiary/aromatic N) is 1. The largest absolute Gasteiger partial charge is 0.345 e. The molecule has 166 valence electrons. The lowest BCUT2D eigenvalue weighted by atomic mass is 10.0. The number of aromatic nitrogens is 1. The number of carbonyl (C=O) groups is 2. The minimum atomic E-state index is -0.315. The summed E-state index contributed by atoms with van der Waals surface area (Å²) in [6, 6.07) is 17.2. The molecule has 1 aliphatic rings. The topological polar surface area (TPSA) is 63.1 Å². The molecule has 32 heavy (non-hydrogen) atoms. The van der Waals surface area contributed by atoms with Gasteiger partial charge in [0.05, 0.1) is 22.7 Å². The van der Waals surface area contributed by atoms with Crippen molar-refractivity contribution in [3.05, 3.63) is 88.9 Å². The predicted octanol–water partition coefficient (Wildman–Crippen LogP) is 5.11. The van der Waals surface area contributed by atoms with Gasteiger partial charge in [-0.25, -0.2) is 4.39 Å². The molecule has 4 rings (SSSR count). The van der Waals surface area contributed by atoms with Gasteiger partial charge in [-0.3, -0.25) is 9.59 Å². The minimum absolute atomic E-state index is 0.0959. The van der Waals surface area contributed by atoms with Gasteiger partial charge in [-0.15, -0.1) is 11.8 Å². The van der Waals surface area contributed by atoms with Crippen LogP contribution in [0.25, 0.3) is 0 Å². The van der Waals surface area contributed by atoms with E-state index in [1.54, 1.807) is 30.0 Å². The molecule has 1 unspecified atom stereocenters. The molecule has 2 atom stereocenters. The van der Waals surface area contributed by atoms with E-state index in [0.29, 0.717) is 17.8 Å². The smallest absolute Gasteiger partial charge is 0.268 e. The Kier molecular flexibility index (Phi) is 6.65. The molecular formula is C25H26FN3O2S. The number of benzene rings is 2. The van der Waals surface area contributed by atoms with Crippen LogP contribution in [0.15, 0.2) is 65.7 Å². The second-order valence-corrected chi connectivity index (χ2v) is 8.92.